The third kappa shape index (κ3) is 3.70. The standard InChI is InChI=1S/C11H16ClNO2/c1-2-9(7-14)13-6-8-3-4-11(15)10(12)5-8/h3-5,9,13-15H,2,6-7H2,1H3/t9-/m1/s1. The average molecular weight is 230 g/mol. The highest BCUT2D eigenvalue weighted by Crippen LogP contribution is 2.23. The average Bonchev–Trinajstić information content (AvgIpc) is 2.24. The molecule has 15 heavy (non-hydrogen) atoms. The van der Waals surface area contributed by atoms with Crippen LogP contribution in [0.5, 0.6) is 5.75 Å². The normalized spacial score (nSPS) is 12.7. The van der Waals surface area contributed by atoms with Crippen molar-refractivity contribution in [3.8, 4) is 5.75 Å². The van der Waals surface area contributed by atoms with Crippen LogP contribution in [0.15, 0.2) is 18.2 Å². The summed E-state index contributed by atoms with van der Waals surface area (Å²) in [7, 11) is 0. The van der Waals surface area contributed by atoms with Crippen molar-refractivity contribution >= 4 is 11.6 Å². The zero-order valence-corrected chi connectivity index (χ0v) is 9.46. The van der Waals surface area contributed by atoms with Crippen molar-refractivity contribution in [2.45, 2.75) is 25.9 Å². The van der Waals surface area contributed by atoms with Crippen molar-refractivity contribution in [2.24, 2.45) is 0 Å². The number of halogens is 1. The molecule has 0 bridgehead atoms. The first-order chi connectivity index (χ1) is 7.17. The van der Waals surface area contributed by atoms with Gasteiger partial charge in [-0.05, 0) is 24.1 Å². The van der Waals surface area contributed by atoms with Gasteiger partial charge in [0.15, 0.2) is 0 Å². The lowest BCUT2D eigenvalue weighted by Gasteiger charge is -2.14. The van der Waals surface area contributed by atoms with Crippen LogP contribution in [0.3, 0.4) is 0 Å². The predicted octanol–water partition coefficient (Wildman–Crippen LogP) is 1.91. The zero-order chi connectivity index (χ0) is 11.3. The van der Waals surface area contributed by atoms with E-state index in [2.05, 4.69) is 5.32 Å². The third-order valence-corrected chi connectivity index (χ3v) is 2.62. The Morgan fingerprint density at radius 1 is 1.47 bits per heavy atom. The molecule has 0 radical (unpaired) electrons. The van der Waals surface area contributed by atoms with Crippen molar-refractivity contribution in [2.75, 3.05) is 6.61 Å². The summed E-state index contributed by atoms with van der Waals surface area (Å²) in [5, 5.41) is 21.7. The molecule has 4 heteroatoms. The Bertz CT molecular complexity index is 313. The molecule has 84 valence electrons. The maximum atomic E-state index is 9.22. The van der Waals surface area contributed by atoms with Crippen LogP contribution >= 0.6 is 11.6 Å². The van der Waals surface area contributed by atoms with E-state index in [1.807, 2.05) is 6.92 Å². The molecule has 3 N–H and O–H groups in total. The second kappa shape index (κ2) is 5.95. The van der Waals surface area contributed by atoms with Crippen LogP contribution in [0.1, 0.15) is 18.9 Å². The Balaban J connectivity index is 2.54. The molecule has 0 saturated carbocycles. The first kappa shape index (κ1) is 12.3. The maximum Gasteiger partial charge on any atom is 0.134 e. The highest BCUT2D eigenvalue weighted by Gasteiger charge is 2.04. The van der Waals surface area contributed by atoms with Crippen molar-refractivity contribution in [1.82, 2.24) is 5.32 Å². The Morgan fingerprint density at radius 2 is 2.20 bits per heavy atom. The van der Waals surface area contributed by atoms with E-state index in [0.29, 0.717) is 11.6 Å². The smallest absolute Gasteiger partial charge is 0.134 e. The van der Waals surface area contributed by atoms with Crippen molar-refractivity contribution in [1.29, 1.82) is 0 Å². The lowest BCUT2D eigenvalue weighted by Crippen LogP contribution is -2.31. The molecule has 0 aliphatic heterocycles. The van der Waals surface area contributed by atoms with Crippen molar-refractivity contribution in [3.63, 3.8) is 0 Å². The molecular formula is C11H16ClNO2. The van der Waals surface area contributed by atoms with Gasteiger partial charge < -0.3 is 15.5 Å². The van der Waals surface area contributed by atoms with E-state index in [-0.39, 0.29) is 18.4 Å². The molecule has 0 fully saturated rings. The lowest BCUT2D eigenvalue weighted by atomic mass is 10.2. The number of hydrogen-bond acceptors (Lipinski definition) is 3. The van der Waals surface area contributed by atoms with Crippen LogP contribution in [-0.2, 0) is 6.54 Å². The Hall–Kier alpha value is -0.770. The number of nitrogens with one attached hydrogen (secondary N) is 1. The second-order valence-corrected chi connectivity index (χ2v) is 3.86. The number of aliphatic hydroxyl groups excluding tert-OH is 1. The minimum absolute atomic E-state index is 0.0922. The van der Waals surface area contributed by atoms with E-state index >= 15 is 0 Å². The van der Waals surface area contributed by atoms with Gasteiger partial charge in [0, 0.05) is 12.6 Å². The third-order valence-electron chi connectivity index (χ3n) is 2.32. The summed E-state index contributed by atoms with van der Waals surface area (Å²) < 4.78 is 0. The molecule has 0 spiro atoms. The van der Waals surface area contributed by atoms with Gasteiger partial charge in [0.1, 0.15) is 5.75 Å². The van der Waals surface area contributed by atoms with E-state index in [1.165, 1.54) is 0 Å². The monoisotopic (exact) mass is 229 g/mol. The molecule has 0 aliphatic carbocycles. The number of hydrogen-bond donors (Lipinski definition) is 3. The van der Waals surface area contributed by atoms with Crippen LogP contribution in [0, 0.1) is 0 Å². The second-order valence-electron chi connectivity index (χ2n) is 3.45. The summed E-state index contributed by atoms with van der Waals surface area (Å²) in [6.07, 6.45) is 0.877. The van der Waals surface area contributed by atoms with E-state index in [1.54, 1.807) is 18.2 Å². The Morgan fingerprint density at radius 3 is 2.73 bits per heavy atom. The van der Waals surface area contributed by atoms with Gasteiger partial charge >= 0.3 is 0 Å². The summed E-state index contributed by atoms with van der Waals surface area (Å²) in [5.41, 5.74) is 0.990. The topological polar surface area (TPSA) is 52.5 Å². The molecule has 1 rings (SSSR count). The lowest BCUT2D eigenvalue weighted by molar-refractivity contribution is 0.238. The number of aliphatic hydroxyl groups is 1. The van der Waals surface area contributed by atoms with Gasteiger partial charge in [-0.15, -0.1) is 0 Å². The van der Waals surface area contributed by atoms with Gasteiger partial charge in [-0.1, -0.05) is 24.6 Å². The van der Waals surface area contributed by atoms with E-state index in [0.717, 1.165) is 12.0 Å². The van der Waals surface area contributed by atoms with Crippen molar-refractivity contribution < 1.29 is 10.2 Å². The summed E-state index contributed by atoms with van der Waals surface area (Å²) in [5.74, 6) is 0.0922. The summed E-state index contributed by atoms with van der Waals surface area (Å²) in [6, 6.07) is 5.20. The fraction of sp³-hybridized carbons (Fsp3) is 0.455. The fourth-order valence-corrected chi connectivity index (χ4v) is 1.46. The summed E-state index contributed by atoms with van der Waals surface area (Å²) >= 11 is 5.77. The number of phenols is 1. The van der Waals surface area contributed by atoms with E-state index < -0.39 is 0 Å². The van der Waals surface area contributed by atoms with Crippen LogP contribution in [0.4, 0.5) is 0 Å². The molecule has 1 aromatic carbocycles. The molecule has 0 unspecified atom stereocenters. The van der Waals surface area contributed by atoms with E-state index in [9.17, 15) is 5.11 Å². The number of aromatic hydroxyl groups is 1. The van der Waals surface area contributed by atoms with Crippen molar-refractivity contribution in [3.05, 3.63) is 28.8 Å². The zero-order valence-electron chi connectivity index (χ0n) is 8.70. The van der Waals surface area contributed by atoms with Gasteiger partial charge in [0.05, 0.1) is 11.6 Å². The van der Waals surface area contributed by atoms with Crippen LogP contribution < -0.4 is 5.32 Å². The summed E-state index contributed by atoms with van der Waals surface area (Å²) in [4.78, 5) is 0. The minimum Gasteiger partial charge on any atom is -0.506 e. The van der Waals surface area contributed by atoms with Crippen LogP contribution in [-0.4, -0.2) is 22.9 Å². The molecule has 0 amide bonds. The van der Waals surface area contributed by atoms with Crippen LogP contribution in [0.25, 0.3) is 0 Å². The van der Waals surface area contributed by atoms with E-state index in [4.69, 9.17) is 16.7 Å². The Kier molecular flexibility index (Phi) is 4.88. The number of rotatable bonds is 5. The number of phenolic OH excluding ortho intramolecular Hbond substituents is 1. The quantitative estimate of drug-likeness (QED) is 0.723. The maximum absolute atomic E-state index is 9.22. The molecule has 0 aromatic heterocycles. The minimum atomic E-state index is 0.0922. The van der Waals surface area contributed by atoms with Gasteiger partial charge in [0.2, 0.25) is 0 Å². The Labute approximate surface area is 94.7 Å². The molecule has 0 aliphatic rings. The van der Waals surface area contributed by atoms with Crippen LogP contribution in [0.2, 0.25) is 5.02 Å². The molecule has 0 saturated heterocycles. The summed E-state index contributed by atoms with van der Waals surface area (Å²) in [6.45, 7) is 2.78. The largest absolute Gasteiger partial charge is 0.506 e. The van der Waals surface area contributed by atoms with Gasteiger partial charge in [0.25, 0.3) is 0 Å². The fourth-order valence-electron chi connectivity index (χ4n) is 1.26. The SMILES string of the molecule is CC[C@H](CO)NCc1ccc(O)c(Cl)c1. The highest BCUT2D eigenvalue weighted by molar-refractivity contribution is 6.32. The first-order valence-electron chi connectivity index (χ1n) is 4.99. The number of benzene rings is 1. The molecule has 3 nitrogen and oxygen atoms in total. The van der Waals surface area contributed by atoms with Gasteiger partial charge in [-0.3, -0.25) is 0 Å². The molecule has 0 heterocycles. The van der Waals surface area contributed by atoms with Gasteiger partial charge in [-0.25, -0.2) is 0 Å². The highest BCUT2D eigenvalue weighted by atomic mass is 35.5. The molecule has 1 atom stereocenters. The molecular weight excluding hydrogens is 214 g/mol. The molecule has 1 aromatic rings. The first-order valence-corrected chi connectivity index (χ1v) is 5.36. The predicted molar refractivity (Wildman–Crippen MR) is 61.1 cm³/mol. The van der Waals surface area contributed by atoms with Gasteiger partial charge in [-0.2, -0.15) is 0 Å².